The molecule has 0 bridgehead atoms. The Bertz CT molecular complexity index is 503. The largest absolute Gasteiger partial charge is 0.460 e. The van der Waals surface area contributed by atoms with Crippen LogP contribution in [0, 0.1) is 13.8 Å². The van der Waals surface area contributed by atoms with Gasteiger partial charge >= 0.3 is 5.97 Å². The van der Waals surface area contributed by atoms with Crippen molar-refractivity contribution in [2.45, 2.75) is 64.3 Å². The van der Waals surface area contributed by atoms with Crippen LogP contribution >= 0.6 is 0 Å². The van der Waals surface area contributed by atoms with Crippen molar-refractivity contribution in [1.29, 1.82) is 0 Å². The highest BCUT2D eigenvalue weighted by Gasteiger charge is 2.48. The third-order valence-electron chi connectivity index (χ3n) is 4.29. The van der Waals surface area contributed by atoms with Crippen LogP contribution in [0.15, 0.2) is 18.2 Å². The molecule has 2 unspecified atom stereocenters. The summed E-state index contributed by atoms with van der Waals surface area (Å²) in [6.45, 7) is 4.13. The van der Waals surface area contributed by atoms with Gasteiger partial charge in [-0.15, -0.1) is 0 Å². The van der Waals surface area contributed by atoms with Gasteiger partial charge in [0.1, 0.15) is 12.2 Å². The van der Waals surface area contributed by atoms with Crippen LogP contribution in [0.4, 0.5) is 0 Å². The lowest BCUT2D eigenvalue weighted by Gasteiger charge is -2.21. The summed E-state index contributed by atoms with van der Waals surface area (Å²) in [5, 5.41) is 0. The molecule has 0 N–H and O–H groups in total. The van der Waals surface area contributed by atoms with Gasteiger partial charge in [0.15, 0.2) is 6.10 Å². The molecule has 2 atom stereocenters. The molecule has 1 saturated heterocycles. The standard InChI is InChI=1S/C17H22O3/c1-11-8-9-14(12(2)10-11)15-16(20-15)17(18)19-13-6-4-3-5-7-13/h8-10,13,15-16H,3-7H2,1-2H3. The molecule has 1 aromatic rings. The van der Waals surface area contributed by atoms with Crippen LogP contribution in [0.5, 0.6) is 0 Å². The third-order valence-corrected chi connectivity index (χ3v) is 4.29. The average molecular weight is 274 g/mol. The molecule has 3 rings (SSSR count). The minimum absolute atomic E-state index is 0.105. The third kappa shape index (κ3) is 2.88. The van der Waals surface area contributed by atoms with Gasteiger partial charge in [-0.2, -0.15) is 0 Å². The molecule has 1 saturated carbocycles. The Hall–Kier alpha value is -1.35. The second-order valence-electron chi connectivity index (χ2n) is 6.03. The van der Waals surface area contributed by atoms with E-state index in [1.807, 2.05) is 0 Å². The molecule has 0 spiro atoms. The molecule has 3 heteroatoms. The molecule has 20 heavy (non-hydrogen) atoms. The number of ether oxygens (including phenoxy) is 2. The zero-order valence-electron chi connectivity index (χ0n) is 12.2. The van der Waals surface area contributed by atoms with E-state index in [0.717, 1.165) is 18.4 Å². The summed E-state index contributed by atoms with van der Waals surface area (Å²) in [6, 6.07) is 6.25. The van der Waals surface area contributed by atoms with Gasteiger partial charge in [-0.05, 0) is 50.7 Å². The highest BCUT2D eigenvalue weighted by molar-refractivity contribution is 5.78. The van der Waals surface area contributed by atoms with E-state index in [1.54, 1.807) is 0 Å². The molecule has 2 aliphatic rings. The van der Waals surface area contributed by atoms with Crippen molar-refractivity contribution >= 4 is 5.97 Å². The zero-order chi connectivity index (χ0) is 14.1. The summed E-state index contributed by atoms with van der Waals surface area (Å²) in [7, 11) is 0. The van der Waals surface area contributed by atoms with E-state index in [4.69, 9.17) is 9.47 Å². The molecular weight excluding hydrogens is 252 g/mol. The maximum atomic E-state index is 12.1. The summed E-state index contributed by atoms with van der Waals surface area (Å²) in [4.78, 5) is 12.1. The summed E-state index contributed by atoms with van der Waals surface area (Å²) >= 11 is 0. The Labute approximate surface area is 120 Å². The summed E-state index contributed by atoms with van der Waals surface area (Å²) in [5.74, 6) is -0.179. The van der Waals surface area contributed by atoms with E-state index in [0.29, 0.717) is 0 Å². The van der Waals surface area contributed by atoms with Gasteiger partial charge in [0.2, 0.25) is 0 Å². The molecular formula is C17H22O3. The van der Waals surface area contributed by atoms with E-state index in [-0.39, 0.29) is 18.2 Å². The number of rotatable bonds is 3. The fourth-order valence-corrected chi connectivity index (χ4v) is 3.09. The molecule has 2 fully saturated rings. The topological polar surface area (TPSA) is 38.8 Å². The maximum absolute atomic E-state index is 12.1. The second kappa shape index (κ2) is 5.57. The lowest BCUT2D eigenvalue weighted by atomic mass is 9.97. The zero-order valence-corrected chi connectivity index (χ0v) is 12.2. The number of esters is 1. The van der Waals surface area contributed by atoms with Crippen LogP contribution in [0.2, 0.25) is 0 Å². The fraction of sp³-hybridized carbons (Fsp3) is 0.588. The molecule has 0 aromatic heterocycles. The first-order valence-electron chi connectivity index (χ1n) is 7.58. The minimum Gasteiger partial charge on any atom is -0.460 e. The predicted octanol–water partition coefficient (Wildman–Crippen LogP) is 3.62. The van der Waals surface area contributed by atoms with Crippen LogP contribution < -0.4 is 0 Å². The molecule has 1 aliphatic carbocycles. The van der Waals surface area contributed by atoms with E-state index in [2.05, 4.69) is 32.0 Å². The normalized spacial score (nSPS) is 26.3. The highest BCUT2D eigenvalue weighted by Crippen LogP contribution is 2.41. The quantitative estimate of drug-likeness (QED) is 0.624. The molecule has 108 valence electrons. The second-order valence-corrected chi connectivity index (χ2v) is 6.03. The van der Waals surface area contributed by atoms with Crippen molar-refractivity contribution in [3.8, 4) is 0 Å². The fourth-order valence-electron chi connectivity index (χ4n) is 3.09. The Morgan fingerprint density at radius 1 is 1.20 bits per heavy atom. The van der Waals surface area contributed by atoms with Crippen molar-refractivity contribution in [3.05, 3.63) is 34.9 Å². The summed E-state index contributed by atoms with van der Waals surface area (Å²) < 4.78 is 11.1. The van der Waals surface area contributed by atoms with E-state index in [1.165, 1.54) is 30.4 Å². The smallest absolute Gasteiger partial charge is 0.338 e. The van der Waals surface area contributed by atoms with Crippen LogP contribution in [0.1, 0.15) is 54.9 Å². The van der Waals surface area contributed by atoms with E-state index >= 15 is 0 Å². The van der Waals surface area contributed by atoms with Gasteiger partial charge in [0.05, 0.1) is 0 Å². The lowest BCUT2D eigenvalue weighted by Crippen LogP contribution is -2.24. The highest BCUT2D eigenvalue weighted by atomic mass is 16.6. The predicted molar refractivity (Wildman–Crippen MR) is 76.5 cm³/mol. The van der Waals surface area contributed by atoms with Crippen molar-refractivity contribution < 1.29 is 14.3 Å². The van der Waals surface area contributed by atoms with Crippen LogP contribution in [0.25, 0.3) is 0 Å². The first-order chi connectivity index (χ1) is 9.65. The van der Waals surface area contributed by atoms with Gasteiger partial charge in [-0.1, -0.05) is 30.2 Å². The van der Waals surface area contributed by atoms with Crippen molar-refractivity contribution in [1.82, 2.24) is 0 Å². The van der Waals surface area contributed by atoms with E-state index in [9.17, 15) is 4.79 Å². The average Bonchev–Trinajstić information content (AvgIpc) is 3.20. The number of carbonyl (C=O) groups excluding carboxylic acids is 1. The van der Waals surface area contributed by atoms with Crippen molar-refractivity contribution in [3.63, 3.8) is 0 Å². The van der Waals surface area contributed by atoms with E-state index < -0.39 is 6.10 Å². The molecule has 3 nitrogen and oxygen atoms in total. The number of carbonyl (C=O) groups is 1. The number of hydrogen-bond acceptors (Lipinski definition) is 3. The van der Waals surface area contributed by atoms with Gasteiger partial charge < -0.3 is 9.47 Å². The monoisotopic (exact) mass is 274 g/mol. The molecule has 1 aromatic carbocycles. The molecule has 0 amide bonds. The lowest BCUT2D eigenvalue weighted by molar-refractivity contribution is -0.152. The number of epoxide rings is 1. The SMILES string of the molecule is Cc1ccc(C2OC2C(=O)OC2CCCCC2)c(C)c1. The maximum Gasteiger partial charge on any atom is 0.338 e. The Kier molecular flexibility index (Phi) is 3.79. The number of benzene rings is 1. The Balaban J connectivity index is 1.59. The van der Waals surface area contributed by atoms with Crippen LogP contribution in [-0.4, -0.2) is 18.2 Å². The molecule has 1 aliphatic heterocycles. The minimum atomic E-state index is -0.390. The van der Waals surface area contributed by atoms with Crippen LogP contribution in [0.3, 0.4) is 0 Å². The molecule has 0 radical (unpaired) electrons. The number of hydrogen-bond donors (Lipinski definition) is 0. The first-order valence-corrected chi connectivity index (χ1v) is 7.58. The summed E-state index contributed by atoms with van der Waals surface area (Å²) in [6.07, 6.45) is 5.23. The van der Waals surface area contributed by atoms with Crippen LogP contribution in [-0.2, 0) is 14.3 Å². The van der Waals surface area contributed by atoms with Gasteiger partial charge in [-0.25, -0.2) is 4.79 Å². The Morgan fingerprint density at radius 2 is 1.95 bits per heavy atom. The van der Waals surface area contributed by atoms with Gasteiger partial charge in [0.25, 0.3) is 0 Å². The van der Waals surface area contributed by atoms with Crippen molar-refractivity contribution in [2.24, 2.45) is 0 Å². The molecule has 1 heterocycles. The summed E-state index contributed by atoms with van der Waals surface area (Å²) in [5.41, 5.74) is 3.53. The van der Waals surface area contributed by atoms with Crippen molar-refractivity contribution in [2.75, 3.05) is 0 Å². The van der Waals surface area contributed by atoms with Gasteiger partial charge in [-0.3, -0.25) is 0 Å². The Morgan fingerprint density at radius 3 is 2.65 bits per heavy atom. The first kappa shape index (κ1) is 13.6. The van der Waals surface area contributed by atoms with Gasteiger partial charge in [0, 0.05) is 0 Å². The number of aryl methyl sites for hydroxylation is 2.